The maximum absolute atomic E-state index is 14.7. The van der Waals surface area contributed by atoms with Crippen LogP contribution in [0, 0.1) is 5.82 Å². The summed E-state index contributed by atoms with van der Waals surface area (Å²) < 4.78 is 24.5. The SMILES string of the molecule is COc1ccc(NN=C(c2ccccc2)c2ccccc2)c(COC(N)=O)c1F. The maximum Gasteiger partial charge on any atom is 0.404 e. The van der Waals surface area contributed by atoms with Crippen LogP contribution < -0.4 is 15.9 Å². The number of carbonyl (C=O) groups excluding carboxylic acids is 1. The molecule has 0 saturated carbocycles. The Hall–Kier alpha value is -3.87. The largest absolute Gasteiger partial charge is 0.494 e. The summed E-state index contributed by atoms with van der Waals surface area (Å²) in [5.74, 6) is -0.635. The number of hydrogen-bond acceptors (Lipinski definition) is 5. The maximum atomic E-state index is 14.7. The van der Waals surface area contributed by atoms with Crippen molar-refractivity contribution >= 4 is 17.5 Å². The molecule has 3 aromatic carbocycles. The third-order valence-corrected chi connectivity index (χ3v) is 4.17. The molecule has 0 fully saturated rings. The number of benzene rings is 3. The van der Waals surface area contributed by atoms with Gasteiger partial charge in [-0.05, 0) is 12.1 Å². The molecule has 3 N–H and O–H groups in total. The first-order valence-corrected chi connectivity index (χ1v) is 8.82. The smallest absolute Gasteiger partial charge is 0.404 e. The van der Waals surface area contributed by atoms with Crippen molar-refractivity contribution in [2.75, 3.05) is 12.5 Å². The first kappa shape index (κ1) is 19.9. The van der Waals surface area contributed by atoms with Crippen LogP contribution in [0.15, 0.2) is 77.9 Å². The fourth-order valence-electron chi connectivity index (χ4n) is 2.75. The van der Waals surface area contributed by atoms with Crippen LogP contribution in [0.2, 0.25) is 0 Å². The van der Waals surface area contributed by atoms with Gasteiger partial charge in [0.1, 0.15) is 6.61 Å². The molecule has 1 amide bonds. The minimum atomic E-state index is -1.00. The molecular weight excluding hydrogens is 373 g/mol. The Labute approximate surface area is 167 Å². The number of nitrogens with zero attached hydrogens (tertiary/aromatic N) is 1. The Morgan fingerprint density at radius 1 is 1.00 bits per heavy atom. The van der Waals surface area contributed by atoms with Crippen molar-refractivity contribution in [1.82, 2.24) is 0 Å². The summed E-state index contributed by atoms with van der Waals surface area (Å²) in [6.07, 6.45) is -1.00. The van der Waals surface area contributed by atoms with Crippen LogP contribution in [0.5, 0.6) is 5.75 Å². The second-order valence-electron chi connectivity index (χ2n) is 6.02. The third kappa shape index (κ3) is 4.90. The van der Waals surface area contributed by atoms with E-state index in [4.69, 9.17) is 15.2 Å². The number of carbonyl (C=O) groups is 1. The van der Waals surface area contributed by atoms with E-state index in [0.717, 1.165) is 11.1 Å². The van der Waals surface area contributed by atoms with Crippen molar-refractivity contribution < 1.29 is 18.7 Å². The van der Waals surface area contributed by atoms with Gasteiger partial charge in [-0.1, -0.05) is 60.7 Å². The number of primary amides is 1. The summed E-state index contributed by atoms with van der Waals surface area (Å²) in [7, 11) is 1.35. The third-order valence-electron chi connectivity index (χ3n) is 4.17. The van der Waals surface area contributed by atoms with Crippen LogP contribution in [-0.4, -0.2) is 18.9 Å². The Morgan fingerprint density at radius 3 is 2.10 bits per heavy atom. The quantitative estimate of drug-likeness (QED) is 0.463. The van der Waals surface area contributed by atoms with E-state index >= 15 is 0 Å². The Bertz CT molecular complexity index is 967. The number of methoxy groups -OCH3 is 1. The number of hydrazone groups is 1. The van der Waals surface area contributed by atoms with Crippen molar-refractivity contribution in [3.8, 4) is 5.75 Å². The highest BCUT2D eigenvalue weighted by molar-refractivity contribution is 6.13. The van der Waals surface area contributed by atoms with Crippen molar-refractivity contribution in [2.24, 2.45) is 10.8 Å². The monoisotopic (exact) mass is 393 g/mol. The predicted octanol–water partition coefficient (Wildman–Crippen LogP) is 4.29. The zero-order chi connectivity index (χ0) is 20.6. The van der Waals surface area contributed by atoms with E-state index in [1.165, 1.54) is 13.2 Å². The van der Waals surface area contributed by atoms with Gasteiger partial charge in [-0.25, -0.2) is 9.18 Å². The molecule has 0 unspecified atom stereocenters. The van der Waals surface area contributed by atoms with Crippen LogP contribution in [0.1, 0.15) is 16.7 Å². The van der Waals surface area contributed by atoms with Gasteiger partial charge < -0.3 is 15.2 Å². The summed E-state index contributed by atoms with van der Waals surface area (Å²) >= 11 is 0. The van der Waals surface area contributed by atoms with Crippen LogP contribution in [0.3, 0.4) is 0 Å². The van der Waals surface area contributed by atoms with Crippen LogP contribution in [0.25, 0.3) is 0 Å². The van der Waals surface area contributed by atoms with Crippen molar-refractivity contribution in [1.29, 1.82) is 0 Å². The van der Waals surface area contributed by atoms with Crippen molar-refractivity contribution in [2.45, 2.75) is 6.61 Å². The number of amides is 1. The van der Waals surface area contributed by atoms with E-state index in [1.54, 1.807) is 6.07 Å². The molecule has 0 spiro atoms. The number of halogens is 1. The highest BCUT2D eigenvalue weighted by Gasteiger charge is 2.16. The second-order valence-corrected chi connectivity index (χ2v) is 6.02. The van der Waals surface area contributed by atoms with Gasteiger partial charge in [0.05, 0.1) is 24.1 Å². The van der Waals surface area contributed by atoms with Gasteiger partial charge in [0, 0.05) is 11.1 Å². The molecule has 148 valence electrons. The topological polar surface area (TPSA) is 85.9 Å². The first-order valence-electron chi connectivity index (χ1n) is 8.82. The van der Waals surface area contributed by atoms with Gasteiger partial charge in [-0.15, -0.1) is 0 Å². The molecule has 0 radical (unpaired) electrons. The van der Waals surface area contributed by atoms with E-state index in [9.17, 15) is 9.18 Å². The number of hydrogen-bond donors (Lipinski definition) is 2. The summed E-state index contributed by atoms with van der Waals surface area (Å²) in [6, 6.07) is 22.2. The average Bonchev–Trinajstić information content (AvgIpc) is 2.75. The molecule has 3 rings (SSSR count). The molecule has 6 nitrogen and oxygen atoms in total. The predicted molar refractivity (Wildman–Crippen MR) is 109 cm³/mol. The first-order chi connectivity index (χ1) is 14.1. The lowest BCUT2D eigenvalue weighted by Crippen LogP contribution is -2.14. The minimum absolute atomic E-state index is 0.0222. The standard InChI is InChI=1S/C22H20FN3O3/c1-28-19-13-12-18(17(20(19)23)14-29-22(24)27)25-26-21(15-8-4-2-5-9-15)16-10-6-3-7-11-16/h2-13,25H,14H2,1H3,(H2,24,27). The van der Waals surface area contributed by atoms with Gasteiger partial charge in [0.25, 0.3) is 0 Å². The molecule has 3 aromatic rings. The molecule has 0 saturated heterocycles. The Balaban J connectivity index is 2.01. The fourth-order valence-corrected chi connectivity index (χ4v) is 2.75. The number of rotatable bonds is 7. The van der Waals surface area contributed by atoms with Crippen LogP contribution in [0.4, 0.5) is 14.9 Å². The summed E-state index contributed by atoms with van der Waals surface area (Å²) in [4.78, 5) is 11.0. The number of nitrogens with one attached hydrogen (secondary N) is 1. The fraction of sp³-hybridized carbons (Fsp3) is 0.0909. The van der Waals surface area contributed by atoms with E-state index in [1.807, 2.05) is 60.7 Å². The van der Waals surface area contributed by atoms with Gasteiger partial charge in [0.15, 0.2) is 11.6 Å². The van der Waals surface area contributed by atoms with E-state index in [2.05, 4.69) is 10.5 Å². The molecule has 0 aliphatic rings. The minimum Gasteiger partial charge on any atom is -0.494 e. The highest BCUT2D eigenvalue weighted by Crippen LogP contribution is 2.28. The number of ether oxygens (including phenoxy) is 2. The lowest BCUT2D eigenvalue weighted by Gasteiger charge is -2.14. The summed E-state index contributed by atoms with van der Waals surface area (Å²) in [5, 5.41) is 4.51. The summed E-state index contributed by atoms with van der Waals surface area (Å²) in [5.41, 5.74) is 10.8. The second kappa shape index (κ2) is 9.36. The molecule has 0 aliphatic heterocycles. The lowest BCUT2D eigenvalue weighted by molar-refractivity contribution is 0.149. The number of anilines is 1. The molecule has 0 atom stereocenters. The molecule has 0 bridgehead atoms. The number of nitrogens with two attached hydrogens (primary N) is 1. The normalized spacial score (nSPS) is 10.1. The van der Waals surface area contributed by atoms with Crippen molar-refractivity contribution in [3.63, 3.8) is 0 Å². The zero-order valence-electron chi connectivity index (χ0n) is 15.8. The molecule has 0 aliphatic carbocycles. The van der Waals surface area contributed by atoms with Crippen molar-refractivity contribution in [3.05, 3.63) is 95.3 Å². The van der Waals surface area contributed by atoms with E-state index < -0.39 is 11.9 Å². The molecule has 29 heavy (non-hydrogen) atoms. The highest BCUT2D eigenvalue weighted by atomic mass is 19.1. The zero-order valence-corrected chi connectivity index (χ0v) is 15.8. The van der Waals surface area contributed by atoms with Gasteiger partial charge >= 0.3 is 6.09 Å². The van der Waals surface area contributed by atoms with E-state index in [0.29, 0.717) is 11.4 Å². The molecule has 0 heterocycles. The van der Waals surface area contributed by atoms with E-state index in [-0.39, 0.29) is 17.9 Å². The van der Waals surface area contributed by atoms with Gasteiger partial charge in [-0.2, -0.15) is 5.10 Å². The van der Waals surface area contributed by atoms with Crippen LogP contribution >= 0.6 is 0 Å². The molecular formula is C22H20FN3O3. The summed E-state index contributed by atoms with van der Waals surface area (Å²) in [6.45, 7) is -0.359. The average molecular weight is 393 g/mol. The Kier molecular flexibility index (Phi) is 6.42. The Morgan fingerprint density at radius 2 is 1.59 bits per heavy atom. The molecule has 0 aromatic heterocycles. The lowest BCUT2D eigenvalue weighted by atomic mass is 10.0. The molecule has 7 heteroatoms. The van der Waals surface area contributed by atoms with Gasteiger partial charge in [-0.3, -0.25) is 5.43 Å². The van der Waals surface area contributed by atoms with Crippen LogP contribution in [-0.2, 0) is 11.3 Å². The van der Waals surface area contributed by atoms with Gasteiger partial charge in [0.2, 0.25) is 0 Å².